The number of nitrogens with two attached hydrogens (primary N) is 1. The Kier molecular flexibility index (Phi) is 3.79. The third-order valence-electron chi connectivity index (χ3n) is 3.87. The zero-order valence-corrected chi connectivity index (χ0v) is 12.2. The summed E-state index contributed by atoms with van der Waals surface area (Å²) in [7, 11) is 3.22. The van der Waals surface area contributed by atoms with Crippen molar-refractivity contribution < 1.29 is 14.0 Å². The molecule has 3 rings (SSSR count). The Balaban J connectivity index is 1.89. The minimum absolute atomic E-state index is 0.238. The van der Waals surface area contributed by atoms with Crippen LogP contribution in [0, 0.1) is 0 Å². The van der Waals surface area contributed by atoms with Crippen LogP contribution in [-0.2, 0) is 0 Å². The second-order valence-electron chi connectivity index (χ2n) is 5.33. The van der Waals surface area contributed by atoms with Gasteiger partial charge in [-0.05, 0) is 31.4 Å². The highest BCUT2D eigenvalue weighted by molar-refractivity contribution is 5.60. The van der Waals surface area contributed by atoms with Crippen LogP contribution in [0.15, 0.2) is 22.7 Å². The minimum Gasteiger partial charge on any atom is -0.497 e. The first-order valence-corrected chi connectivity index (χ1v) is 7.02. The molecule has 0 saturated heterocycles. The Labute approximate surface area is 123 Å². The van der Waals surface area contributed by atoms with Crippen molar-refractivity contribution in [3.05, 3.63) is 24.1 Å². The lowest BCUT2D eigenvalue weighted by Gasteiger charge is -2.05. The van der Waals surface area contributed by atoms with Gasteiger partial charge >= 0.3 is 0 Å². The van der Waals surface area contributed by atoms with Crippen LogP contribution in [0.25, 0.3) is 11.4 Å². The number of ether oxygens (including phenoxy) is 2. The molecule has 6 heteroatoms. The van der Waals surface area contributed by atoms with Crippen LogP contribution in [0.3, 0.4) is 0 Å². The van der Waals surface area contributed by atoms with Crippen LogP contribution in [0.2, 0.25) is 0 Å². The molecule has 0 bridgehead atoms. The van der Waals surface area contributed by atoms with Gasteiger partial charge in [0.25, 0.3) is 0 Å². The van der Waals surface area contributed by atoms with E-state index in [1.807, 2.05) is 12.1 Å². The van der Waals surface area contributed by atoms with Gasteiger partial charge < -0.3 is 19.7 Å². The second-order valence-corrected chi connectivity index (χ2v) is 5.33. The van der Waals surface area contributed by atoms with E-state index in [1.165, 1.54) is 0 Å². The smallest absolute Gasteiger partial charge is 0.230 e. The predicted molar refractivity (Wildman–Crippen MR) is 77.4 cm³/mol. The van der Waals surface area contributed by atoms with Gasteiger partial charge in [0.15, 0.2) is 0 Å². The molecule has 21 heavy (non-hydrogen) atoms. The van der Waals surface area contributed by atoms with Crippen molar-refractivity contribution in [2.45, 2.75) is 31.2 Å². The average molecular weight is 289 g/mol. The Morgan fingerprint density at radius 3 is 2.43 bits per heavy atom. The molecular formula is C15H19N3O3. The molecular weight excluding hydrogens is 270 g/mol. The van der Waals surface area contributed by atoms with Gasteiger partial charge in [0.1, 0.15) is 11.5 Å². The standard InChI is InChI=1S/C15H19N3O3/c1-19-12-6-10(7-13(8-12)20-2)14-17-15(21-18-14)9-3-4-11(16)5-9/h6-9,11H,3-5,16H2,1-2H3. The van der Waals surface area contributed by atoms with E-state index in [0.717, 1.165) is 24.8 Å². The van der Waals surface area contributed by atoms with Gasteiger partial charge in [0, 0.05) is 23.6 Å². The highest BCUT2D eigenvalue weighted by Gasteiger charge is 2.28. The number of hydrogen-bond acceptors (Lipinski definition) is 6. The molecule has 112 valence electrons. The monoisotopic (exact) mass is 289 g/mol. The van der Waals surface area contributed by atoms with E-state index in [1.54, 1.807) is 20.3 Å². The average Bonchev–Trinajstić information content (AvgIpc) is 3.15. The molecule has 2 aromatic rings. The van der Waals surface area contributed by atoms with E-state index in [2.05, 4.69) is 10.1 Å². The summed E-state index contributed by atoms with van der Waals surface area (Å²) in [4.78, 5) is 4.50. The van der Waals surface area contributed by atoms with E-state index < -0.39 is 0 Å². The van der Waals surface area contributed by atoms with Crippen LogP contribution in [0.5, 0.6) is 11.5 Å². The highest BCUT2D eigenvalue weighted by Crippen LogP contribution is 2.34. The lowest BCUT2D eigenvalue weighted by molar-refractivity contribution is 0.353. The molecule has 0 radical (unpaired) electrons. The number of benzene rings is 1. The van der Waals surface area contributed by atoms with Crippen molar-refractivity contribution in [3.63, 3.8) is 0 Å². The fourth-order valence-electron chi connectivity index (χ4n) is 2.70. The van der Waals surface area contributed by atoms with Crippen molar-refractivity contribution in [2.75, 3.05) is 14.2 Å². The van der Waals surface area contributed by atoms with Gasteiger partial charge in [-0.15, -0.1) is 0 Å². The number of aromatic nitrogens is 2. The normalized spacial score (nSPS) is 21.5. The zero-order valence-electron chi connectivity index (χ0n) is 12.2. The lowest BCUT2D eigenvalue weighted by atomic mass is 10.1. The van der Waals surface area contributed by atoms with Crippen molar-refractivity contribution >= 4 is 0 Å². The summed E-state index contributed by atoms with van der Waals surface area (Å²) in [6, 6.07) is 5.76. The maximum Gasteiger partial charge on any atom is 0.230 e. The first-order chi connectivity index (χ1) is 10.2. The van der Waals surface area contributed by atoms with E-state index in [9.17, 15) is 0 Å². The second kappa shape index (κ2) is 5.73. The van der Waals surface area contributed by atoms with Crippen LogP contribution < -0.4 is 15.2 Å². The summed E-state index contributed by atoms with van der Waals surface area (Å²) < 4.78 is 15.9. The van der Waals surface area contributed by atoms with Crippen molar-refractivity contribution in [2.24, 2.45) is 5.73 Å². The van der Waals surface area contributed by atoms with Crippen LogP contribution in [-0.4, -0.2) is 30.4 Å². The van der Waals surface area contributed by atoms with Crippen LogP contribution in [0.1, 0.15) is 31.1 Å². The predicted octanol–water partition coefficient (Wildman–Crippen LogP) is 2.35. The molecule has 2 atom stereocenters. The number of methoxy groups -OCH3 is 2. The molecule has 0 aliphatic heterocycles. The topological polar surface area (TPSA) is 83.4 Å². The van der Waals surface area contributed by atoms with Crippen LogP contribution in [0.4, 0.5) is 0 Å². The number of rotatable bonds is 4. The molecule has 0 spiro atoms. The minimum atomic E-state index is 0.238. The highest BCUT2D eigenvalue weighted by atomic mass is 16.5. The summed E-state index contributed by atoms with van der Waals surface area (Å²) in [5.41, 5.74) is 6.74. The third-order valence-corrected chi connectivity index (χ3v) is 3.87. The fourth-order valence-corrected chi connectivity index (χ4v) is 2.70. The first kappa shape index (κ1) is 13.9. The molecule has 1 fully saturated rings. The van der Waals surface area contributed by atoms with Crippen molar-refractivity contribution in [3.8, 4) is 22.9 Å². The Hall–Kier alpha value is -2.08. The van der Waals surface area contributed by atoms with Crippen molar-refractivity contribution in [1.29, 1.82) is 0 Å². The van der Waals surface area contributed by atoms with Gasteiger partial charge in [0.05, 0.1) is 14.2 Å². The van der Waals surface area contributed by atoms with E-state index >= 15 is 0 Å². The van der Waals surface area contributed by atoms with Crippen LogP contribution >= 0.6 is 0 Å². The van der Waals surface area contributed by atoms with E-state index in [0.29, 0.717) is 23.2 Å². The summed E-state index contributed by atoms with van der Waals surface area (Å²) in [5, 5.41) is 4.07. The van der Waals surface area contributed by atoms with Crippen molar-refractivity contribution in [1.82, 2.24) is 10.1 Å². The fraction of sp³-hybridized carbons (Fsp3) is 0.467. The summed E-state index contributed by atoms with van der Waals surface area (Å²) in [6.45, 7) is 0. The number of hydrogen-bond donors (Lipinski definition) is 1. The summed E-state index contributed by atoms with van der Waals surface area (Å²) in [6.07, 6.45) is 2.92. The molecule has 1 aromatic heterocycles. The summed E-state index contributed by atoms with van der Waals surface area (Å²) in [5.74, 6) is 2.87. The molecule has 1 saturated carbocycles. The maximum absolute atomic E-state index is 5.93. The molecule has 1 aliphatic rings. The zero-order chi connectivity index (χ0) is 14.8. The molecule has 2 N–H and O–H groups in total. The molecule has 0 amide bonds. The van der Waals surface area contributed by atoms with E-state index in [4.69, 9.17) is 19.7 Å². The Bertz CT molecular complexity index is 604. The first-order valence-electron chi connectivity index (χ1n) is 7.02. The van der Waals surface area contributed by atoms with Gasteiger partial charge in [-0.1, -0.05) is 5.16 Å². The van der Waals surface area contributed by atoms with Gasteiger partial charge in [-0.3, -0.25) is 0 Å². The molecule has 1 heterocycles. The molecule has 1 aliphatic carbocycles. The van der Waals surface area contributed by atoms with Gasteiger partial charge in [-0.25, -0.2) is 0 Å². The SMILES string of the molecule is COc1cc(OC)cc(-c2noc(C3CCC(N)C3)n2)c1. The maximum atomic E-state index is 5.93. The van der Waals surface area contributed by atoms with Gasteiger partial charge in [-0.2, -0.15) is 4.98 Å². The quantitative estimate of drug-likeness (QED) is 0.930. The Morgan fingerprint density at radius 2 is 1.86 bits per heavy atom. The molecule has 2 unspecified atom stereocenters. The number of nitrogens with zero attached hydrogens (tertiary/aromatic N) is 2. The summed E-state index contributed by atoms with van der Waals surface area (Å²) >= 11 is 0. The largest absolute Gasteiger partial charge is 0.497 e. The third kappa shape index (κ3) is 2.85. The van der Waals surface area contributed by atoms with Gasteiger partial charge in [0.2, 0.25) is 11.7 Å². The lowest BCUT2D eigenvalue weighted by Crippen LogP contribution is -2.14. The molecule has 1 aromatic carbocycles. The van der Waals surface area contributed by atoms with E-state index in [-0.39, 0.29) is 12.0 Å². The molecule has 6 nitrogen and oxygen atoms in total. The Morgan fingerprint density at radius 1 is 1.14 bits per heavy atom.